The van der Waals surface area contributed by atoms with E-state index in [1.807, 2.05) is 72.2 Å². The van der Waals surface area contributed by atoms with Crippen LogP contribution >= 0.6 is 11.6 Å². The van der Waals surface area contributed by atoms with E-state index < -0.39 is 0 Å². The molecule has 10 nitrogen and oxygen atoms in total. The number of carbonyl (C=O) groups excluding carboxylic acids is 1. The van der Waals surface area contributed by atoms with Crippen molar-refractivity contribution in [2.75, 3.05) is 52.8 Å². The molecule has 0 fully saturated rings. The Kier molecular flexibility index (Phi) is 10.9. The molecule has 43 heavy (non-hydrogen) atoms. The second-order valence-electron chi connectivity index (χ2n) is 9.66. The lowest BCUT2D eigenvalue weighted by molar-refractivity contribution is 0.00988. The topological polar surface area (TPSA) is 109 Å². The molecule has 0 spiro atoms. The summed E-state index contributed by atoms with van der Waals surface area (Å²) in [4.78, 5) is 16.8. The van der Waals surface area contributed by atoms with Crippen LogP contribution in [0.15, 0.2) is 77.8 Å². The van der Waals surface area contributed by atoms with Crippen LogP contribution in [0.2, 0.25) is 5.02 Å². The molecule has 4 aromatic rings. The zero-order chi connectivity index (χ0) is 29.9. The molecule has 1 aliphatic rings. The van der Waals surface area contributed by atoms with Crippen LogP contribution in [0.1, 0.15) is 33.1 Å². The molecule has 224 valence electrons. The summed E-state index contributed by atoms with van der Waals surface area (Å²) in [6.45, 7) is 5.82. The Hall–Kier alpha value is -4.09. The second-order valence-corrected chi connectivity index (χ2v) is 10.1. The standard InChI is InChI=1S/C32H34ClN5O5/c1-23-36-37-30-22-35-31(24-7-9-26(33)10-8-24)28-21-27(11-12-29(28)38(23)30)43-20-19-42-18-17-41-16-15-40-14-13-34-32(39)25-5-3-2-4-6-25/h2-12,21H,13-20,22H2,1H3,(H,34,39). The number of halogens is 1. The van der Waals surface area contributed by atoms with Crippen molar-refractivity contribution in [2.24, 2.45) is 4.99 Å². The van der Waals surface area contributed by atoms with Crippen molar-refractivity contribution in [1.29, 1.82) is 0 Å². The van der Waals surface area contributed by atoms with Crippen LogP contribution < -0.4 is 10.1 Å². The SMILES string of the molecule is Cc1nnc2n1-c1ccc(OCCOCCOCCOCCNC(=O)c3ccccc3)cc1C(c1ccc(Cl)cc1)=NC2. The number of aliphatic imine (C=N–C) groups is 1. The second kappa shape index (κ2) is 15.4. The first kappa shape index (κ1) is 30.4. The van der Waals surface area contributed by atoms with Crippen LogP contribution in [0.5, 0.6) is 5.75 Å². The normalized spacial score (nSPS) is 12.2. The molecule has 0 radical (unpaired) electrons. The van der Waals surface area contributed by atoms with Gasteiger partial charge in [-0.15, -0.1) is 10.2 Å². The maximum atomic E-state index is 12.0. The highest BCUT2D eigenvalue weighted by molar-refractivity contribution is 6.30. The van der Waals surface area contributed by atoms with E-state index >= 15 is 0 Å². The van der Waals surface area contributed by atoms with E-state index in [0.29, 0.717) is 75.7 Å². The summed E-state index contributed by atoms with van der Waals surface area (Å²) in [5.74, 6) is 2.19. The average Bonchev–Trinajstić information content (AvgIpc) is 3.31. The van der Waals surface area contributed by atoms with Gasteiger partial charge in [0.2, 0.25) is 0 Å². The highest BCUT2D eigenvalue weighted by Gasteiger charge is 2.22. The number of nitrogens with zero attached hydrogens (tertiary/aromatic N) is 4. The highest BCUT2D eigenvalue weighted by Crippen LogP contribution is 2.29. The molecular formula is C32H34ClN5O5. The van der Waals surface area contributed by atoms with Gasteiger partial charge < -0.3 is 24.3 Å². The van der Waals surface area contributed by atoms with Gasteiger partial charge in [0.1, 0.15) is 24.7 Å². The first-order chi connectivity index (χ1) is 21.1. The van der Waals surface area contributed by atoms with Gasteiger partial charge in [-0.1, -0.05) is 41.9 Å². The van der Waals surface area contributed by atoms with Gasteiger partial charge in [-0.2, -0.15) is 0 Å². The van der Waals surface area contributed by atoms with E-state index in [1.54, 1.807) is 12.1 Å². The number of hydrogen-bond acceptors (Lipinski definition) is 8. The Morgan fingerprint density at radius 1 is 0.860 bits per heavy atom. The lowest BCUT2D eigenvalue weighted by Crippen LogP contribution is -2.27. The Balaban J connectivity index is 1.01. The third-order valence-corrected chi connectivity index (χ3v) is 6.91. The van der Waals surface area contributed by atoms with Gasteiger partial charge in [0.25, 0.3) is 5.91 Å². The minimum absolute atomic E-state index is 0.110. The molecule has 1 aromatic heterocycles. The summed E-state index contributed by atoms with van der Waals surface area (Å²) >= 11 is 6.13. The summed E-state index contributed by atoms with van der Waals surface area (Å²) < 4.78 is 24.8. The lowest BCUT2D eigenvalue weighted by Gasteiger charge is -2.15. The Labute approximate surface area is 255 Å². The number of fused-ring (bicyclic) bond motifs is 3. The van der Waals surface area contributed by atoms with E-state index in [1.165, 1.54) is 0 Å². The number of aryl methyl sites for hydroxylation is 1. The first-order valence-electron chi connectivity index (χ1n) is 14.2. The summed E-state index contributed by atoms with van der Waals surface area (Å²) in [5.41, 5.74) is 4.31. The summed E-state index contributed by atoms with van der Waals surface area (Å²) in [6, 6.07) is 22.7. The molecule has 11 heteroatoms. The number of rotatable bonds is 15. The summed E-state index contributed by atoms with van der Waals surface area (Å²) in [5, 5.41) is 12.1. The number of benzene rings is 3. The van der Waals surface area contributed by atoms with Gasteiger partial charge in [0.05, 0.1) is 51.0 Å². The van der Waals surface area contributed by atoms with Crippen molar-refractivity contribution in [3.8, 4) is 11.4 Å². The van der Waals surface area contributed by atoms with Crippen LogP contribution in [-0.2, 0) is 20.8 Å². The maximum Gasteiger partial charge on any atom is 0.251 e. The van der Waals surface area contributed by atoms with Gasteiger partial charge in [0, 0.05) is 28.3 Å². The Morgan fingerprint density at radius 3 is 2.30 bits per heavy atom. The van der Waals surface area contributed by atoms with E-state index in [4.69, 9.17) is 35.5 Å². The zero-order valence-corrected chi connectivity index (χ0v) is 24.8. The quantitative estimate of drug-likeness (QED) is 0.200. The highest BCUT2D eigenvalue weighted by atomic mass is 35.5. The van der Waals surface area contributed by atoms with E-state index in [0.717, 1.165) is 34.2 Å². The van der Waals surface area contributed by atoms with Crippen LogP contribution in [0, 0.1) is 6.92 Å². The molecular weight excluding hydrogens is 570 g/mol. The summed E-state index contributed by atoms with van der Waals surface area (Å²) in [6.07, 6.45) is 0. The number of carbonyl (C=O) groups is 1. The van der Waals surface area contributed by atoms with Crippen molar-refractivity contribution >= 4 is 23.2 Å². The van der Waals surface area contributed by atoms with Crippen molar-refractivity contribution in [3.05, 3.63) is 106 Å². The van der Waals surface area contributed by atoms with Crippen LogP contribution in [0.4, 0.5) is 0 Å². The van der Waals surface area contributed by atoms with E-state index in [2.05, 4.69) is 15.5 Å². The smallest absolute Gasteiger partial charge is 0.251 e. The van der Waals surface area contributed by atoms with E-state index in [9.17, 15) is 4.79 Å². The predicted molar refractivity (Wildman–Crippen MR) is 164 cm³/mol. The average molecular weight is 604 g/mol. The van der Waals surface area contributed by atoms with Gasteiger partial charge in [-0.05, 0) is 49.4 Å². The first-order valence-corrected chi connectivity index (χ1v) is 14.5. The molecule has 3 aromatic carbocycles. The number of ether oxygens (including phenoxy) is 4. The third kappa shape index (κ3) is 8.26. The number of aromatic nitrogens is 3. The van der Waals surface area contributed by atoms with E-state index in [-0.39, 0.29) is 5.91 Å². The fourth-order valence-electron chi connectivity index (χ4n) is 4.59. The van der Waals surface area contributed by atoms with Gasteiger partial charge in [-0.3, -0.25) is 14.4 Å². The van der Waals surface area contributed by atoms with Gasteiger partial charge in [-0.25, -0.2) is 0 Å². The predicted octanol–water partition coefficient (Wildman–Crippen LogP) is 4.44. The third-order valence-electron chi connectivity index (χ3n) is 6.66. The van der Waals surface area contributed by atoms with Crippen molar-refractivity contribution < 1.29 is 23.7 Å². The molecule has 0 unspecified atom stereocenters. The molecule has 1 aliphatic heterocycles. The van der Waals surface area contributed by atoms with Crippen LogP contribution in [0.25, 0.3) is 5.69 Å². The molecule has 0 atom stereocenters. The van der Waals surface area contributed by atoms with Gasteiger partial charge in [0.15, 0.2) is 5.82 Å². The zero-order valence-electron chi connectivity index (χ0n) is 24.0. The van der Waals surface area contributed by atoms with Gasteiger partial charge >= 0.3 is 0 Å². The minimum atomic E-state index is -0.110. The molecule has 1 amide bonds. The van der Waals surface area contributed by atoms with Crippen LogP contribution in [-0.4, -0.2) is 79.2 Å². The van der Waals surface area contributed by atoms with Crippen molar-refractivity contribution in [3.63, 3.8) is 0 Å². The fourth-order valence-corrected chi connectivity index (χ4v) is 4.72. The maximum absolute atomic E-state index is 12.0. The molecule has 2 heterocycles. The molecule has 0 saturated carbocycles. The number of nitrogens with one attached hydrogen (secondary N) is 1. The Morgan fingerprint density at radius 2 is 1.56 bits per heavy atom. The van der Waals surface area contributed by atoms with Crippen LogP contribution in [0.3, 0.4) is 0 Å². The molecule has 0 bridgehead atoms. The number of amides is 1. The van der Waals surface area contributed by atoms with Crippen molar-refractivity contribution in [2.45, 2.75) is 13.5 Å². The Bertz CT molecular complexity index is 1530. The summed E-state index contributed by atoms with van der Waals surface area (Å²) in [7, 11) is 0. The number of hydrogen-bond donors (Lipinski definition) is 1. The monoisotopic (exact) mass is 603 g/mol. The molecule has 0 saturated heterocycles. The van der Waals surface area contributed by atoms with Crippen molar-refractivity contribution in [1.82, 2.24) is 20.1 Å². The lowest BCUT2D eigenvalue weighted by atomic mass is 10.00. The molecule has 1 N–H and O–H groups in total. The molecule has 0 aliphatic carbocycles. The molecule has 5 rings (SSSR count). The largest absolute Gasteiger partial charge is 0.491 e. The minimum Gasteiger partial charge on any atom is -0.491 e. The fraction of sp³-hybridized carbons (Fsp3) is 0.312.